The lowest BCUT2D eigenvalue weighted by Gasteiger charge is -2.26. The molecule has 0 spiro atoms. The van der Waals surface area contributed by atoms with Crippen molar-refractivity contribution < 1.29 is 23.1 Å². The van der Waals surface area contributed by atoms with Crippen LogP contribution in [0, 0.1) is 0 Å². The van der Waals surface area contributed by atoms with E-state index in [1.807, 2.05) is 0 Å². The van der Waals surface area contributed by atoms with Crippen LogP contribution in [0.2, 0.25) is 0 Å². The third-order valence-corrected chi connectivity index (χ3v) is 5.84. The highest BCUT2D eigenvalue weighted by Crippen LogP contribution is 2.59. The van der Waals surface area contributed by atoms with E-state index in [0.29, 0.717) is 17.1 Å². The molecule has 0 aliphatic rings. The van der Waals surface area contributed by atoms with E-state index in [0.717, 1.165) is 5.56 Å². The van der Waals surface area contributed by atoms with E-state index in [-0.39, 0.29) is 5.91 Å². The molecular weight excluding hydrogens is 355 g/mol. The van der Waals surface area contributed by atoms with Crippen LogP contribution in [0.15, 0.2) is 48.5 Å². The summed E-state index contributed by atoms with van der Waals surface area (Å²) >= 11 is 0. The number of anilines is 2. The van der Waals surface area contributed by atoms with Gasteiger partial charge < -0.3 is 24.4 Å². The summed E-state index contributed by atoms with van der Waals surface area (Å²) in [5.74, 6) is -0.170. The zero-order chi connectivity index (χ0) is 19.2. The number of methoxy groups -OCH3 is 1. The molecule has 1 amide bonds. The molecule has 0 saturated heterocycles. The third-order valence-electron chi connectivity index (χ3n) is 3.77. The second-order valence-electron chi connectivity index (χ2n) is 5.48. The van der Waals surface area contributed by atoms with Gasteiger partial charge in [-0.25, -0.2) is 0 Å². The SMILES string of the molecule is COc1ccc([C@H](Nc2ccc(NC(C)=O)cc2)P(=O)(OC)OC)cc1. The highest BCUT2D eigenvalue weighted by molar-refractivity contribution is 7.54. The van der Waals surface area contributed by atoms with Crippen LogP contribution in [0.5, 0.6) is 5.75 Å². The Hall–Kier alpha value is -2.34. The first-order valence-electron chi connectivity index (χ1n) is 7.91. The molecule has 0 fully saturated rings. The summed E-state index contributed by atoms with van der Waals surface area (Å²) in [6, 6.07) is 14.2. The van der Waals surface area contributed by atoms with Crippen molar-refractivity contribution in [2.45, 2.75) is 12.7 Å². The number of amides is 1. The second kappa shape index (κ2) is 8.85. The molecule has 0 aliphatic carbocycles. The second-order valence-corrected chi connectivity index (χ2v) is 7.81. The van der Waals surface area contributed by atoms with Gasteiger partial charge in [0.05, 0.1) is 7.11 Å². The molecule has 0 saturated carbocycles. The van der Waals surface area contributed by atoms with E-state index in [1.54, 1.807) is 55.6 Å². The molecule has 8 heteroatoms. The van der Waals surface area contributed by atoms with E-state index >= 15 is 0 Å². The monoisotopic (exact) mass is 378 g/mol. The molecule has 0 bridgehead atoms. The lowest BCUT2D eigenvalue weighted by atomic mass is 10.2. The predicted molar refractivity (Wildman–Crippen MR) is 102 cm³/mol. The standard InChI is InChI=1S/C18H23N2O5P/c1-13(21)19-15-7-9-16(10-8-15)20-18(26(22,24-3)25-4)14-5-11-17(23-2)12-6-14/h5-12,18,20H,1-4H3,(H,19,21)/t18-/m1/s1. The fraction of sp³-hybridized carbons (Fsp3) is 0.278. The van der Waals surface area contributed by atoms with Crippen LogP contribution in [-0.2, 0) is 18.4 Å². The first-order valence-corrected chi connectivity index (χ1v) is 9.52. The van der Waals surface area contributed by atoms with Gasteiger partial charge in [-0.3, -0.25) is 9.36 Å². The summed E-state index contributed by atoms with van der Waals surface area (Å²) in [7, 11) is 0.821. The lowest BCUT2D eigenvalue weighted by molar-refractivity contribution is -0.114. The van der Waals surface area contributed by atoms with Crippen molar-refractivity contribution in [3.05, 3.63) is 54.1 Å². The number of rotatable bonds is 8. The van der Waals surface area contributed by atoms with Gasteiger partial charge >= 0.3 is 7.60 Å². The number of benzene rings is 2. The molecule has 2 N–H and O–H groups in total. The quantitative estimate of drug-likeness (QED) is 0.668. The Morgan fingerprint density at radius 2 is 1.46 bits per heavy atom. The molecule has 7 nitrogen and oxygen atoms in total. The number of hydrogen-bond donors (Lipinski definition) is 2. The van der Waals surface area contributed by atoms with Gasteiger partial charge in [-0.15, -0.1) is 0 Å². The van der Waals surface area contributed by atoms with Gasteiger partial charge in [0.2, 0.25) is 5.91 Å². The third kappa shape index (κ3) is 4.85. The van der Waals surface area contributed by atoms with Crippen LogP contribution in [0.4, 0.5) is 11.4 Å². The van der Waals surface area contributed by atoms with Crippen molar-refractivity contribution in [3.8, 4) is 5.75 Å². The smallest absolute Gasteiger partial charge is 0.356 e. The van der Waals surface area contributed by atoms with E-state index in [4.69, 9.17) is 13.8 Å². The van der Waals surface area contributed by atoms with Crippen molar-refractivity contribution in [1.29, 1.82) is 0 Å². The van der Waals surface area contributed by atoms with Crippen LogP contribution in [0.25, 0.3) is 0 Å². The maximum Gasteiger partial charge on any atom is 0.356 e. The fourth-order valence-corrected chi connectivity index (χ4v) is 3.84. The van der Waals surface area contributed by atoms with Crippen LogP contribution in [0.3, 0.4) is 0 Å². The van der Waals surface area contributed by atoms with E-state index in [2.05, 4.69) is 10.6 Å². The maximum atomic E-state index is 13.0. The molecule has 26 heavy (non-hydrogen) atoms. The van der Waals surface area contributed by atoms with Crippen molar-refractivity contribution in [2.24, 2.45) is 0 Å². The molecule has 0 aromatic heterocycles. The van der Waals surface area contributed by atoms with Gasteiger partial charge in [-0.05, 0) is 42.0 Å². The Kier molecular flexibility index (Phi) is 6.80. The largest absolute Gasteiger partial charge is 0.497 e. The van der Waals surface area contributed by atoms with Gasteiger partial charge in [0.25, 0.3) is 0 Å². The molecule has 2 aromatic rings. The molecular formula is C18H23N2O5P. The minimum Gasteiger partial charge on any atom is -0.497 e. The number of carbonyl (C=O) groups excluding carboxylic acids is 1. The molecule has 2 rings (SSSR count). The maximum absolute atomic E-state index is 13.0. The van der Waals surface area contributed by atoms with Gasteiger partial charge in [0.15, 0.2) is 5.78 Å². The predicted octanol–water partition coefficient (Wildman–Crippen LogP) is 4.25. The van der Waals surface area contributed by atoms with Gasteiger partial charge in [-0.1, -0.05) is 12.1 Å². The number of nitrogens with one attached hydrogen (secondary N) is 2. The van der Waals surface area contributed by atoms with Crippen LogP contribution >= 0.6 is 7.60 Å². The molecule has 140 valence electrons. The summed E-state index contributed by atoms with van der Waals surface area (Å²) in [4.78, 5) is 11.1. The highest BCUT2D eigenvalue weighted by atomic mass is 31.2. The first kappa shape index (κ1) is 20.0. The topological polar surface area (TPSA) is 85.9 Å². The Morgan fingerprint density at radius 3 is 1.92 bits per heavy atom. The normalized spacial score (nSPS) is 12.3. The van der Waals surface area contributed by atoms with Gasteiger partial charge in [-0.2, -0.15) is 0 Å². The summed E-state index contributed by atoms with van der Waals surface area (Å²) in [6.07, 6.45) is 0. The van der Waals surface area contributed by atoms with E-state index in [1.165, 1.54) is 21.1 Å². The van der Waals surface area contributed by atoms with Gasteiger partial charge in [0, 0.05) is 32.5 Å². The summed E-state index contributed by atoms with van der Waals surface area (Å²) < 4.78 is 28.6. The molecule has 1 atom stereocenters. The molecule has 0 aliphatic heterocycles. The minimum absolute atomic E-state index is 0.148. The first-order chi connectivity index (χ1) is 12.4. The van der Waals surface area contributed by atoms with Crippen LogP contribution < -0.4 is 15.4 Å². The Morgan fingerprint density at radius 1 is 0.923 bits per heavy atom. The average molecular weight is 378 g/mol. The van der Waals surface area contributed by atoms with Crippen molar-refractivity contribution in [1.82, 2.24) is 0 Å². The molecule has 0 radical (unpaired) electrons. The number of hydrogen-bond acceptors (Lipinski definition) is 6. The van der Waals surface area contributed by atoms with Crippen molar-refractivity contribution >= 4 is 24.9 Å². The Bertz CT molecular complexity index is 769. The molecule has 0 unspecified atom stereocenters. The zero-order valence-corrected chi connectivity index (χ0v) is 16.1. The van der Waals surface area contributed by atoms with Crippen LogP contribution in [-0.4, -0.2) is 27.2 Å². The summed E-state index contributed by atoms with van der Waals surface area (Å²) in [5.41, 5.74) is 2.10. The molecule has 2 aromatic carbocycles. The van der Waals surface area contributed by atoms with E-state index in [9.17, 15) is 9.36 Å². The van der Waals surface area contributed by atoms with Crippen LogP contribution in [0.1, 0.15) is 18.3 Å². The lowest BCUT2D eigenvalue weighted by Crippen LogP contribution is -2.14. The zero-order valence-electron chi connectivity index (χ0n) is 15.2. The summed E-state index contributed by atoms with van der Waals surface area (Å²) in [6.45, 7) is 1.44. The highest BCUT2D eigenvalue weighted by Gasteiger charge is 2.35. The van der Waals surface area contributed by atoms with Gasteiger partial charge in [0.1, 0.15) is 5.75 Å². The minimum atomic E-state index is -3.46. The van der Waals surface area contributed by atoms with Crippen molar-refractivity contribution in [2.75, 3.05) is 32.0 Å². The average Bonchev–Trinajstić information content (AvgIpc) is 2.66. The van der Waals surface area contributed by atoms with Crippen molar-refractivity contribution in [3.63, 3.8) is 0 Å². The number of carbonyl (C=O) groups is 1. The Balaban J connectivity index is 2.31. The Labute approximate surface area is 153 Å². The molecule has 0 heterocycles. The number of ether oxygens (including phenoxy) is 1. The summed E-state index contributed by atoms with van der Waals surface area (Å²) in [5, 5.41) is 5.89. The fourth-order valence-electron chi connectivity index (χ4n) is 2.43. The van der Waals surface area contributed by atoms with E-state index < -0.39 is 13.4 Å².